The van der Waals surface area contributed by atoms with E-state index in [1.54, 1.807) is 10.7 Å². The lowest BCUT2D eigenvalue weighted by atomic mass is 10.1. The number of anilines is 1. The summed E-state index contributed by atoms with van der Waals surface area (Å²) in [6.07, 6.45) is 1.71. The van der Waals surface area contributed by atoms with Crippen molar-refractivity contribution in [3.8, 4) is 11.3 Å². The summed E-state index contributed by atoms with van der Waals surface area (Å²) >= 11 is 3.53. The van der Waals surface area contributed by atoms with E-state index < -0.39 is 0 Å². The van der Waals surface area contributed by atoms with Crippen molar-refractivity contribution in [1.29, 1.82) is 0 Å². The zero-order valence-electron chi connectivity index (χ0n) is 8.84. The summed E-state index contributed by atoms with van der Waals surface area (Å²) in [4.78, 5) is 4.21. The molecule has 0 radical (unpaired) electrons. The molecule has 2 N–H and O–H groups in total. The van der Waals surface area contributed by atoms with Crippen LogP contribution in [0.25, 0.3) is 16.9 Å². The van der Waals surface area contributed by atoms with Gasteiger partial charge in [0, 0.05) is 22.2 Å². The minimum Gasteiger partial charge on any atom is -0.384 e. The first kappa shape index (κ1) is 10.3. The molecule has 4 nitrogen and oxygen atoms in total. The maximum Gasteiger partial charge on any atom is 0.158 e. The largest absolute Gasteiger partial charge is 0.384 e. The van der Waals surface area contributed by atoms with Gasteiger partial charge in [-0.3, -0.25) is 0 Å². The van der Waals surface area contributed by atoms with Crippen molar-refractivity contribution in [2.24, 2.45) is 0 Å². The fourth-order valence-corrected chi connectivity index (χ4v) is 2.28. The smallest absolute Gasteiger partial charge is 0.158 e. The van der Waals surface area contributed by atoms with Gasteiger partial charge >= 0.3 is 0 Å². The topological polar surface area (TPSA) is 56.2 Å². The molecule has 0 atom stereocenters. The fourth-order valence-electron chi connectivity index (χ4n) is 1.79. The number of benzene rings is 1. The molecule has 3 aromatic rings. The van der Waals surface area contributed by atoms with Crippen molar-refractivity contribution in [3.63, 3.8) is 0 Å². The Balaban J connectivity index is 2.37. The Morgan fingerprint density at radius 3 is 2.82 bits per heavy atom. The van der Waals surface area contributed by atoms with Crippen LogP contribution in [0, 0.1) is 0 Å². The highest BCUT2D eigenvalue weighted by molar-refractivity contribution is 9.10. The molecule has 0 amide bonds. The van der Waals surface area contributed by atoms with Crippen molar-refractivity contribution < 1.29 is 0 Å². The van der Waals surface area contributed by atoms with Crippen LogP contribution in [-0.2, 0) is 0 Å². The average molecular weight is 289 g/mol. The molecule has 2 aromatic heterocycles. The lowest BCUT2D eigenvalue weighted by molar-refractivity contribution is 0.949. The Hall–Kier alpha value is -1.88. The van der Waals surface area contributed by atoms with Crippen LogP contribution in [0.4, 0.5) is 5.82 Å². The van der Waals surface area contributed by atoms with E-state index in [1.807, 2.05) is 36.4 Å². The molecule has 0 aliphatic heterocycles. The van der Waals surface area contributed by atoms with Gasteiger partial charge in [-0.25, -0.2) is 9.50 Å². The first-order chi connectivity index (χ1) is 8.25. The standard InChI is InChI=1S/C12H9BrN4/c13-9-4-2-1-3-8(9)10-7-11(14)16-12-5-6-15-17(10)12/h1-7H,(H2,14,16). The van der Waals surface area contributed by atoms with Crippen LogP contribution in [-0.4, -0.2) is 14.6 Å². The molecule has 5 heteroatoms. The maximum atomic E-state index is 5.80. The van der Waals surface area contributed by atoms with E-state index in [0.29, 0.717) is 5.82 Å². The van der Waals surface area contributed by atoms with Gasteiger partial charge in [0.15, 0.2) is 5.65 Å². The normalized spacial score (nSPS) is 10.9. The van der Waals surface area contributed by atoms with Crippen molar-refractivity contribution in [1.82, 2.24) is 14.6 Å². The minimum absolute atomic E-state index is 0.490. The third-order valence-corrected chi connectivity index (χ3v) is 3.22. The van der Waals surface area contributed by atoms with Crippen molar-refractivity contribution in [2.45, 2.75) is 0 Å². The van der Waals surface area contributed by atoms with Gasteiger partial charge in [0.2, 0.25) is 0 Å². The van der Waals surface area contributed by atoms with Crippen LogP contribution >= 0.6 is 15.9 Å². The first-order valence-electron chi connectivity index (χ1n) is 5.11. The molecule has 0 fully saturated rings. The molecule has 0 aliphatic carbocycles. The summed E-state index contributed by atoms with van der Waals surface area (Å²) in [5, 5.41) is 4.26. The molecular formula is C12H9BrN4. The van der Waals surface area contributed by atoms with Gasteiger partial charge in [-0.1, -0.05) is 34.1 Å². The van der Waals surface area contributed by atoms with Gasteiger partial charge in [-0.05, 0) is 6.07 Å². The van der Waals surface area contributed by atoms with Crippen LogP contribution in [0.3, 0.4) is 0 Å². The maximum absolute atomic E-state index is 5.80. The Morgan fingerprint density at radius 2 is 2.00 bits per heavy atom. The molecule has 84 valence electrons. The highest BCUT2D eigenvalue weighted by Crippen LogP contribution is 2.28. The first-order valence-corrected chi connectivity index (χ1v) is 5.90. The Kier molecular flexibility index (Phi) is 2.33. The summed E-state index contributed by atoms with van der Waals surface area (Å²) < 4.78 is 2.78. The van der Waals surface area contributed by atoms with Crippen LogP contribution in [0.1, 0.15) is 0 Å². The fraction of sp³-hybridized carbons (Fsp3) is 0. The Labute approximate surface area is 106 Å². The van der Waals surface area contributed by atoms with Gasteiger partial charge < -0.3 is 5.73 Å². The lowest BCUT2D eigenvalue weighted by Crippen LogP contribution is -2.00. The lowest BCUT2D eigenvalue weighted by Gasteiger charge is -2.07. The SMILES string of the molecule is Nc1cc(-c2ccccc2Br)n2nccc2n1. The molecule has 3 rings (SSSR count). The predicted octanol–water partition coefficient (Wildman–Crippen LogP) is 2.74. The second-order valence-electron chi connectivity index (χ2n) is 3.65. The number of fused-ring (bicyclic) bond motifs is 1. The highest BCUT2D eigenvalue weighted by atomic mass is 79.9. The van der Waals surface area contributed by atoms with E-state index in [1.165, 1.54) is 0 Å². The molecule has 17 heavy (non-hydrogen) atoms. The van der Waals surface area contributed by atoms with Gasteiger partial charge in [-0.2, -0.15) is 5.10 Å². The summed E-state index contributed by atoms with van der Waals surface area (Å²) in [5.41, 5.74) is 8.51. The third-order valence-electron chi connectivity index (χ3n) is 2.53. The van der Waals surface area contributed by atoms with Gasteiger partial charge in [0.05, 0.1) is 11.9 Å². The number of hydrogen-bond acceptors (Lipinski definition) is 3. The second-order valence-corrected chi connectivity index (χ2v) is 4.50. The van der Waals surface area contributed by atoms with Crippen molar-refractivity contribution in [3.05, 3.63) is 47.1 Å². The zero-order valence-corrected chi connectivity index (χ0v) is 10.4. The van der Waals surface area contributed by atoms with Crippen molar-refractivity contribution >= 4 is 27.4 Å². The number of hydrogen-bond donors (Lipinski definition) is 1. The zero-order chi connectivity index (χ0) is 11.8. The summed E-state index contributed by atoms with van der Waals surface area (Å²) in [6.45, 7) is 0. The number of halogens is 1. The number of nitrogens with zero attached hydrogens (tertiary/aromatic N) is 3. The van der Waals surface area contributed by atoms with Gasteiger partial charge in [0.25, 0.3) is 0 Å². The van der Waals surface area contributed by atoms with Gasteiger partial charge in [-0.15, -0.1) is 0 Å². The van der Waals surface area contributed by atoms with E-state index in [4.69, 9.17) is 5.73 Å². The van der Waals surface area contributed by atoms with Crippen LogP contribution in [0.2, 0.25) is 0 Å². The van der Waals surface area contributed by atoms with E-state index in [0.717, 1.165) is 21.4 Å². The van der Waals surface area contributed by atoms with Crippen LogP contribution in [0.15, 0.2) is 47.1 Å². The quantitative estimate of drug-likeness (QED) is 0.749. The Morgan fingerprint density at radius 1 is 1.18 bits per heavy atom. The predicted molar refractivity (Wildman–Crippen MR) is 70.5 cm³/mol. The number of nitrogen functional groups attached to an aromatic ring is 1. The van der Waals surface area contributed by atoms with Gasteiger partial charge in [0.1, 0.15) is 5.82 Å². The molecule has 0 unspecified atom stereocenters. The summed E-state index contributed by atoms with van der Waals surface area (Å²) in [6, 6.07) is 11.6. The van der Waals surface area contributed by atoms with Crippen molar-refractivity contribution in [2.75, 3.05) is 5.73 Å². The molecule has 0 aliphatic rings. The molecule has 0 spiro atoms. The number of nitrogens with two attached hydrogens (primary N) is 1. The highest BCUT2D eigenvalue weighted by Gasteiger charge is 2.09. The monoisotopic (exact) mass is 288 g/mol. The minimum atomic E-state index is 0.490. The molecule has 0 bridgehead atoms. The number of rotatable bonds is 1. The molecule has 1 aromatic carbocycles. The van der Waals surface area contributed by atoms with E-state index in [2.05, 4.69) is 26.0 Å². The van der Waals surface area contributed by atoms with E-state index in [9.17, 15) is 0 Å². The van der Waals surface area contributed by atoms with Crippen LogP contribution in [0.5, 0.6) is 0 Å². The molecule has 0 saturated heterocycles. The Bertz CT molecular complexity index is 690. The summed E-state index contributed by atoms with van der Waals surface area (Å²) in [7, 11) is 0. The van der Waals surface area contributed by atoms with E-state index in [-0.39, 0.29) is 0 Å². The average Bonchev–Trinajstić information content (AvgIpc) is 2.76. The molecular weight excluding hydrogens is 280 g/mol. The molecule has 0 saturated carbocycles. The second kappa shape index (κ2) is 3.85. The third kappa shape index (κ3) is 1.68. The molecule has 2 heterocycles. The van der Waals surface area contributed by atoms with Crippen LogP contribution < -0.4 is 5.73 Å². The number of aromatic nitrogens is 3. The summed E-state index contributed by atoms with van der Waals surface area (Å²) in [5.74, 6) is 0.490. The van der Waals surface area contributed by atoms with E-state index >= 15 is 0 Å².